The number of nitrogens with one attached hydrogen (secondary N) is 1. The average Bonchev–Trinajstić information content (AvgIpc) is 2.46. The number of hydrogen-bond donors (Lipinski definition) is 1. The molecule has 0 unspecified atom stereocenters. The number of anilines is 1. The summed E-state index contributed by atoms with van der Waals surface area (Å²) in [4.78, 5) is 0. The maximum Gasteiger partial charge on any atom is 0.136 e. The summed E-state index contributed by atoms with van der Waals surface area (Å²) in [6.07, 6.45) is 0. The Balaban J connectivity index is 2.18. The summed E-state index contributed by atoms with van der Waals surface area (Å²) in [6.45, 7) is 0.625. The molecule has 20 heavy (non-hydrogen) atoms. The second-order valence-electron chi connectivity index (χ2n) is 4.10. The van der Waals surface area contributed by atoms with Crippen LogP contribution in [0.5, 0.6) is 5.75 Å². The highest BCUT2D eigenvalue weighted by atomic mass is 79.9. The third-order valence-corrected chi connectivity index (χ3v) is 4.14. The predicted molar refractivity (Wildman–Crippen MR) is 86.9 cm³/mol. The van der Waals surface area contributed by atoms with Crippen LogP contribution in [0.1, 0.15) is 11.1 Å². The van der Waals surface area contributed by atoms with Gasteiger partial charge in [-0.25, -0.2) is 0 Å². The Morgan fingerprint density at radius 2 is 1.90 bits per heavy atom. The number of para-hydroxylation sites is 1. The topological polar surface area (TPSA) is 45.0 Å². The van der Waals surface area contributed by atoms with Gasteiger partial charge in [-0.3, -0.25) is 0 Å². The molecular weight excluding hydrogens is 384 g/mol. The molecule has 5 heteroatoms. The molecule has 0 heterocycles. The zero-order valence-electron chi connectivity index (χ0n) is 10.8. The minimum Gasteiger partial charge on any atom is -0.495 e. The zero-order chi connectivity index (χ0) is 14.5. The molecule has 2 aromatic carbocycles. The lowest BCUT2D eigenvalue weighted by molar-refractivity contribution is 0.413. The van der Waals surface area contributed by atoms with Gasteiger partial charge in [-0.05, 0) is 61.7 Å². The standard InChI is InChI=1S/C15H12Br2N2O/c1-20-14-6-5-10(7-11(14)8-18)9-19-15-12(16)3-2-4-13(15)17/h2-7,19H,9H2,1H3. The minimum atomic E-state index is 0.540. The molecule has 0 radical (unpaired) electrons. The van der Waals surface area contributed by atoms with Crippen LogP contribution in [-0.4, -0.2) is 7.11 Å². The molecule has 0 fully saturated rings. The first-order valence-corrected chi connectivity index (χ1v) is 7.49. The van der Waals surface area contributed by atoms with E-state index in [2.05, 4.69) is 43.2 Å². The summed E-state index contributed by atoms with van der Waals surface area (Å²) in [7, 11) is 1.56. The number of nitriles is 1. The van der Waals surface area contributed by atoms with E-state index in [0.29, 0.717) is 17.9 Å². The van der Waals surface area contributed by atoms with Crippen LogP contribution in [0.15, 0.2) is 45.3 Å². The fourth-order valence-corrected chi connectivity index (χ4v) is 3.09. The molecule has 0 saturated carbocycles. The number of methoxy groups -OCH3 is 1. The molecule has 102 valence electrons. The number of rotatable bonds is 4. The molecule has 0 aliphatic carbocycles. The van der Waals surface area contributed by atoms with E-state index >= 15 is 0 Å². The van der Waals surface area contributed by atoms with Crippen molar-refractivity contribution in [1.29, 1.82) is 5.26 Å². The van der Waals surface area contributed by atoms with Gasteiger partial charge in [0.2, 0.25) is 0 Å². The highest BCUT2D eigenvalue weighted by Crippen LogP contribution is 2.31. The molecule has 1 N–H and O–H groups in total. The van der Waals surface area contributed by atoms with E-state index in [1.54, 1.807) is 7.11 Å². The van der Waals surface area contributed by atoms with Crippen LogP contribution in [0.4, 0.5) is 5.69 Å². The Labute approximate surface area is 134 Å². The van der Waals surface area contributed by atoms with Crippen molar-refractivity contribution < 1.29 is 4.74 Å². The molecule has 0 aromatic heterocycles. The SMILES string of the molecule is COc1ccc(CNc2c(Br)cccc2Br)cc1C#N. The van der Waals surface area contributed by atoms with Crippen LogP contribution < -0.4 is 10.1 Å². The molecule has 0 aliphatic rings. The van der Waals surface area contributed by atoms with Gasteiger partial charge in [0.15, 0.2) is 0 Å². The van der Waals surface area contributed by atoms with Crippen molar-refractivity contribution in [2.75, 3.05) is 12.4 Å². The van der Waals surface area contributed by atoms with Crippen molar-refractivity contribution in [3.8, 4) is 11.8 Å². The predicted octanol–water partition coefficient (Wildman–Crippen LogP) is 4.70. The molecule has 2 aromatic rings. The van der Waals surface area contributed by atoms with Crippen molar-refractivity contribution in [3.05, 3.63) is 56.5 Å². The first-order valence-electron chi connectivity index (χ1n) is 5.90. The van der Waals surface area contributed by atoms with Gasteiger partial charge in [-0.15, -0.1) is 0 Å². The van der Waals surface area contributed by atoms with E-state index in [9.17, 15) is 0 Å². The van der Waals surface area contributed by atoms with E-state index in [0.717, 1.165) is 20.2 Å². The molecule has 0 saturated heterocycles. The Morgan fingerprint density at radius 3 is 2.50 bits per heavy atom. The van der Waals surface area contributed by atoms with Gasteiger partial charge >= 0.3 is 0 Å². The molecule has 0 bridgehead atoms. The number of benzene rings is 2. The highest BCUT2D eigenvalue weighted by Gasteiger charge is 2.06. The summed E-state index contributed by atoms with van der Waals surface area (Å²) < 4.78 is 7.11. The molecule has 0 aliphatic heterocycles. The summed E-state index contributed by atoms with van der Waals surface area (Å²) in [6, 6.07) is 13.6. The summed E-state index contributed by atoms with van der Waals surface area (Å²) in [5.74, 6) is 0.596. The molecule has 2 rings (SSSR count). The zero-order valence-corrected chi connectivity index (χ0v) is 14.0. The number of hydrogen-bond acceptors (Lipinski definition) is 3. The van der Waals surface area contributed by atoms with Crippen LogP contribution >= 0.6 is 31.9 Å². The van der Waals surface area contributed by atoms with Crippen LogP contribution in [-0.2, 0) is 6.54 Å². The first-order chi connectivity index (χ1) is 9.65. The summed E-state index contributed by atoms with van der Waals surface area (Å²) in [5, 5.41) is 12.4. The Hall–Kier alpha value is -1.51. The second-order valence-corrected chi connectivity index (χ2v) is 5.81. The van der Waals surface area contributed by atoms with Crippen LogP contribution in [0, 0.1) is 11.3 Å². The van der Waals surface area contributed by atoms with E-state index in [-0.39, 0.29) is 0 Å². The molecular formula is C15H12Br2N2O. The normalized spacial score (nSPS) is 9.90. The van der Waals surface area contributed by atoms with Gasteiger partial charge in [0.25, 0.3) is 0 Å². The fraction of sp³-hybridized carbons (Fsp3) is 0.133. The quantitative estimate of drug-likeness (QED) is 0.815. The van der Waals surface area contributed by atoms with Gasteiger partial charge < -0.3 is 10.1 Å². The van der Waals surface area contributed by atoms with Gasteiger partial charge in [-0.2, -0.15) is 5.26 Å². The Morgan fingerprint density at radius 1 is 1.20 bits per heavy atom. The van der Waals surface area contributed by atoms with Crippen LogP contribution in [0.2, 0.25) is 0 Å². The van der Waals surface area contributed by atoms with Crippen molar-refractivity contribution in [2.24, 2.45) is 0 Å². The summed E-state index contributed by atoms with van der Waals surface area (Å²) >= 11 is 7.01. The van der Waals surface area contributed by atoms with Crippen molar-refractivity contribution in [3.63, 3.8) is 0 Å². The third kappa shape index (κ3) is 3.33. The monoisotopic (exact) mass is 394 g/mol. The van der Waals surface area contributed by atoms with Gasteiger partial charge in [-0.1, -0.05) is 12.1 Å². The highest BCUT2D eigenvalue weighted by molar-refractivity contribution is 9.11. The lowest BCUT2D eigenvalue weighted by Gasteiger charge is -2.11. The van der Waals surface area contributed by atoms with E-state index < -0.39 is 0 Å². The molecule has 0 atom stereocenters. The molecule has 3 nitrogen and oxygen atoms in total. The molecule has 0 amide bonds. The maximum absolute atomic E-state index is 9.08. The average molecular weight is 396 g/mol. The fourth-order valence-electron chi connectivity index (χ4n) is 1.81. The third-order valence-electron chi connectivity index (χ3n) is 2.82. The van der Waals surface area contributed by atoms with E-state index in [1.807, 2.05) is 36.4 Å². The van der Waals surface area contributed by atoms with Crippen molar-refractivity contribution in [1.82, 2.24) is 0 Å². The molecule has 0 spiro atoms. The minimum absolute atomic E-state index is 0.540. The van der Waals surface area contributed by atoms with E-state index in [1.165, 1.54) is 0 Å². The number of nitrogens with zero attached hydrogens (tertiary/aromatic N) is 1. The summed E-state index contributed by atoms with van der Waals surface area (Å²) in [5.41, 5.74) is 2.55. The Bertz CT molecular complexity index is 645. The van der Waals surface area contributed by atoms with Gasteiger partial charge in [0.1, 0.15) is 11.8 Å². The smallest absolute Gasteiger partial charge is 0.136 e. The first kappa shape index (κ1) is 14.9. The van der Waals surface area contributed by atoms with Crippen LogP contribution in [0.25, 0.3) is 0 Å². The largest absolute Gasteiger partial charge is 0.495 e. The van der Waals surface area contributed by atoms with Crippen molar-refractivity contribution >= 4 is 37.5 Å². The van der Waals surface area contributed by atoms with E-state index in [4.69, 9.17) is 10.00 Å². The van der Waals surface area contributed by atoms with Crippen molar-refractivity contribution in [2.45, 2.75) is 6.54 Å². The van der Waals surface area contributed by atoms with Gasteiger partial charge in [0, 0.05) is 15.5 Å². The lowest BCUT2D eigenvalue weighted by Crippen LogP contribution is -2.01. The lowest BCUT2D eigenvalue weighted by atomic mass is 10.1. The number of halogens is 2. The van der Waals surface area contributed by atoms with Crippen LogP contribution in [0.3, 0.4) is 0 Å². The second kappa shape index (κ2) is 6.78. The number of ether oxygens (including phenoxy) is 1. The van der Waals surface area contributed by atoms with Gasteiger partial charge in [0.05, 0.1) is 18.4 Å². The Kier molecular flexibility index (Phi) is 5.05. The maximum atomic E-state index is 9.08.